The highest BCUT2D eigenvalue weighted by atomic mass is 14.9. The maximum atomic E-state index is 8.77. The molecule has 0 spiro atoms. The summed E-state index contributed by atoms with van der Waals surface area (Å²) >= 11 is 0. The third kappa shape index (κ3) is 2.77. The van der Waals surface area contributed by atoms with E-state index in [1.165, 1.54) is 0 Å². The molecule has 0 radical (unpaired) electrons. The van der Waals surface area contributed by atoms with Crippen LogP contribution in [0.1, 0.15) is 31.9 Å². The van der Waals surface area contributed by atoms with Crippen LogP contribution in [0.3, 0.4) is 0 Å². The molecule has 0 aliphatic heterocycles. The Morgan fingerprint density at radius 3 is 2.36 bits per heavy atom. The highest BCUT2D eigenvalue weighted by molar-refractivity contribution is 5.52. The molecule has 0 saturated carbocycles. The fourth-order valence-electron chi connectivity index (χ4n) is 1.30. The highest BCUT2D eigenvalue weighted by Crippen LogP contribution is 2.18. The van der Waals surface area contributed by atoms with Crippen LogP contribution >= 0.6 is 0 Å². The normalized spacial score (nSPS) is 10.8. The van der Waals surface area contributed by atoms with E-state index in [2.05, 4.69) is 32.2 Å². The highest BCUT2D eigenvalue weighted by Gasteiger charge is 2.09. The van der Waals surface area contributed by atoms with Crippen LogP contribution in [0.2, 0.25) is 0 Å². The molecule has 1 rings (SSSR count). The Kier molecular flexibility index (Phi) is 2.81. The van der Waals surface area contributed by atoms with Crippen molar-refractivity contribution in [3.8, 4) is 6.07 Å². The molecule has 0 bridgehead atoms. The number of anilines is 1. The van der Waals surface area contributed by atoms with Gasteiger partial charge in [0.25, 0.3) is 0 Å². The van der Waals surface area contributed by atoms with Crippen molar-refractivity contribution in [2.75, 3.05) is 5.32 Å². The SMILES string of the molecule is Cc1cc(NC(C)(C)C)ccc1C#N. The Hall–Kier alpha value is -1.49. The molecular weight excluding hydrogens is 172 g/mol. The van der Waals surface area contributed by atoms with Crippen LogP contribution in [-0.4, -0.2) is 5.54 Å². The summed E-state index contributed by atoms with van der Waals surface area (Å²) in [5, 5.41) is 12.1. The quantitative estimate of drug-likeness (QED) is 0.735. The second-order valence-electron chi connectivity index (χ2n) is 4.52. The Balaban J connectivity index is 2.94. The number of nitrogens with one attached hydrogen (secondary N) is 1. The predicted octanol–water partition coefficient (Wildman–Crippen LogP) is 3.08. The van der Waals surface area contributed by atoms with Crippen LogP contribution < -0.4 is 5.32 Å². The average Bonchev–Trinajstić information content (AvgIpc) is 2.01. The maximum absolute atomic E-state index is 8.77. The molecule has 0 saturated heterocycles. The predicted molar refractivity (Wildman–Crippen MR) is 59.3 cm³/mol. The molecule has 0 unspecified atom stereocenters. The van der Waals surface area contributed by atoms with E-state index in [0.29, 0.717) is 0 Å². The summed E-state index contributed by atoms with van der Waals surface area (Å²) in [5.41, 5.74) is 2.88. The topological polar surface area (TPSA) is 35.8 Å². The minimum absolute atomic E-state index is 0.0562. The van der Waals surface area contributed by atoms with Crippen LogP contribution in [0.5, 0.6) is 0 Å². The third-order valence-electron chi connectivity index (χ3n) is 1.87. The van der Waals surface area contributed by atoms with Crippen molar-refractivity contribution >= 4 is 5.69 Å². The molecule has 1 aromatic rings. The fraction of sp³-hybridized carbons (Fsp3) is 0.417. The number of rotatable bonds is 1. The van der Waals surface area contributed by atoms with E-state index in [1.807, 2.05) is 25.1 Å². The lowest BCUT2D eigenvalue weighted by Gasteiger charge is -2.22. The lowest BCUT2D eigenvalue weighted by molar-refractivity contribution is 0.634. The molecule has 0 aliphatic carbocycles. The maximum Gasteiger partial charge on any atom is 0.0994 e. The van der Waals surface area contributed by atoms with Gasteiger partial charge in [-0.3, -0.25) is 0 Å². The lowest BCUT2D eigenvalue weighted by atomic mass is 10.1. The van der Waals surface area contributed by atoms with Crippen molar-refractivity contribution in [2.24, 2.45) is 0 Å². The zero-order chi connectivity index (χ0) is 10.8. The summed E-state index contributed by atoms with van der Waals surface area (Å²) < 4.78 is 0. The van der Waals surface area contributed by atoms with Gasteiger partial charge in [0, 0.05) is 11.2 Å². The molecule has 0 fully saturated rings. The lowest BCUT2D eigenvalue weighted by Crippen LogP contribution is -2.26. The Labute approximate surface area is 85.6 Å². The fourth-order valence-corrected chi connectivity index (χ4v) is 1.30. The molecule has 2 nitrogen and oxygen atoms in total. The summed E-state index contributed by atoms with van der Waals surface area (Å²) in [6.45, 7) is 8.29. The van der Waals surface area contributed by atoms with Gasteiger partial charge in [0.2, 0.25) is 0 Å². The van der Waals surface area contributed by atoms with E-state index in [0.717, 1.165) is 16.8 Å². The summed E-state index contributed by atoms with van der Waals surface area (Å²) in [7, 11) is 0. The van der Waals surface area contributed by atoms with Gasteiger partial charge in [0.1, 0.15) is 0 Å². The molecule has 0 atom stereocenters. The monoisotopic (exact) mass is 188 g/mol. The Morgan fingerprint density at radius 2 is 1.93 bits per heavy atom. The van der Waals surface area contributed by atoms with Gasteiger partial charge in [-0.05, 0) is 51.5 Å². The van der Waals surface area contributed by atoms with Crippen LogP contribution in [-0.2, 0) is 0 Å². The molecule has 1 N–H and O–H groups in total. The number of hydrogen-bond donors (Lipinski definition) is 1. The molecule has 0 amide bonds. The van der Waals surface area contributed by atoms with E-state index in [-0.39, 0.29) is 5.54 Å². The zero-order valence-electron chi connectivity index (χ0n) is 9.18. The summed E-state index contributed by atoms with van der Waals surface area (Å²) in [5.74, 6) is 0. The van der Waals surface area contributed by atoms with Crippen molar-refractivity contribution in [3.63, 3.8) is 0 Å². The molecule has 74 valence electrons. The largest absolute Gasteiger partial charge is 0.380 e. The number of hydrogen-bond acceptors (Lipinski definition) is 2. The van der Waals surface area contributed by atoms with E-state index < -0.39 is 0 Å². The van der Waals surface area contributed by atoms with Gasteiger partial charge in [-0.2, -0.15) is 5.26 Å². The minimum atomic E-state index is 0.0562. The molecule has 0 aromatic heterocycles. The van der Waals surface area contributed by atoms with Gasteiger partial charge in [-0.1, -0.05) is 0 Å². The first kappa shape index (κ1) is 10.6. The number of nitriles is 1. The zero-order valence-corrected chi connectivity index (χ0v) is 9.18. The number of aryl methyl sites for hydroxylation is 1. The standard InChI is InChI=1S/C12H16N2/c1-9-7-11(14-12(2,3)4)6-5-10(9)8-13/h5-7,14H,1-4H3. The smallest absolute Gasteiger partial charge is 0.0994 e. The molecular formula is C12H16N2. The van der Waals surface area contributed by atoms with Crippen molar-refractivity contribution in [1.29, 1.82) is 5.26 Å². The molecule has 1 aromatic carbocycles. The second kappa shape index (κ2) is 3.71. The first-order valence-corrected chi connectivity index (χ1v) is 4.71. The Morgan fingerprint density at radius 1 is 1.29 bits per heavy atom. The van der Waals surface area contributed by atoms with E-state index in [1.54, 1.807) is 0 Å². The van der Waals surface area contributed by atoms with Gasteiger partial charge in [0.15, 0.2) is 0 Å². The molecule has 0 heterocycles. The van der Waals surface area contributed by atoms with Crippen LogP contribution in [0, 0.1) is 18.3 Å². The number of nitrogens with zero attached hydrogens (tertiary/aromatic N) is 1. The van der Waals surface area contributed by atoms with Crippen molar-refractivity contribution in [3.05, 3.63) is 29.3 Å². The van der Waals surface area contributed by atoms with Crippen LogP contribution in [0.25, 0.3) is 0 Å². The molecule has 2 heteroatoms. The van der Waals surface area contributed by atoms with Gasteiger partial charge >= 0.3 is 0 Å². The Bertz CT molecular complexity index is 367. The van der Waals surface area contributed by atoms with E-state index in [4.69, 9.17) is 5.26 Å². The van der Waals surface area contributed by atoms with E-state index >= 15 is 0 Å². The molecule has 0 aliphatic rings. The summed E-state index contributed by atoms with van der Waals surface area (Å²) in [6, 6.07) is 7.95. The first-order chi connectivity index (χ1) is 6.42. The van der Waals surface area contributed by atoms with Crippen molar-refractivity contribution in [1.82, 2.24) is 0 Å². The third-order valence-corrected chi connectivity index (χ3v) is 1.87. The van der Waals surface area contributed by atoms with Crippen LogP contribution in [0.4, 0.5) is 5.69 Å². The van der Waals surface area contributed by atoms with Crippen molar-refractivity contribution < 1.29 is 0 Å². The van der Waals surface area contributed by atoms with Crippen molar-refractivity contribution in [2.45, 2.75) is 33.2 Å². The number of benzene rings is 1. The van der Waals surface area contributed by atoms with Crippen LogP contribution in [0.15, 0.2) is 18.2 Å². The summed E-state index contributed by atoms with van der Waals surface area (Å²) in [6.07, 6.45) is 0. The second-order valence-corrected chi connectivity index (χ2v) is 4.52. The van der Waals surface area contributed by atoms with Gasteiger partial charge < -0.3 is 5.32 Å². The minimum Gasteiger partial charge on any atom is -0.380 e. The van der Waals surface area contributed by atoms with Gasteiger partial charge in [-0.15, -0.1) is 0 Å². The average molecular weight is 188 g/mol. The first-order valence-electron chi connectivity index (χ1n) is 4.71. The van der Waals surface area contributed by atoms with Gasteiger partial charge in [-0.25, -0.2) is 0 Å². The van der Waals surface area contributed by atoms with Gasteiger partial charge in [0.05, 0.1) is 11.6 Å². The molecule has 14 heavy (non-hydrogen) atoms. The summed E-state index contributed by atoms with van der Waals surface area (Å²) in [4.78, 5) is 0. The van der Waals surface area contributed by atoms with E-state index in [9.17, 15) is 0 Å².